The number of benzene rings is 1. The van der Waals surface area contributed by atoms with Crippen molar-refractivity contribution >= 4 is 11.6 Å². The summed E-state index contributed by atoms with van der Waals surface area (Å²) < 4.78 is 0. The molecule has 1 aromatic rings. The first kappa shape index (κ1) is 7.86. The van der Waals surface area contributed by atoms with Crippen molar-refractivity contribution in [2.45, 2.75) is 6.92 Å². The summed E-state index contributed by atoms with van der Waals surface area (Å²) in [6.45, 7) is 2.00. The molecule has 3 nitrogen and oxygen atoms in total. The van der Waals surface area contributed by atoms with Crippen molar-refractivity contribution in [1.29, 1.82) is 0 Å². The van der Waals surface area contributed by atoms with Gasteiger partial charge in [0.05, 0.1) is 5.70 Å². The number of carbonyl (C=O) groups is 1. The van der Waals surface area contributed by atoms with Gasteiger partial charge in [0.25, 0.3) is 5.91 Å². The van der Waals surface area contributed by atoms with Crippen LogP contribution in [0.2, 0.25) is 0 Å². The Labute approximate surface area is 75.8 Å². The van der Waals surface area contributed by atoms with E-state index in [2.05, 4.69) is 10.2 Å². The number of amides is 1. The highest BCUT2D eigenvalue weighted by atomic mass is 16.1. The van der Waals surface area contributed by atoms with Crippen molar-refractivity contribution < 1.29 is 4.79 Å². The summed E-state index contributed by atoms with van der Waals surface area (Å²) in [5.41, 5.74) is 2.73. The molecule has 0 spiro atoms. The van der Waals surface area contributed by atoms with Crippen LogP contribution in [0.3, 0.4) is 0 Å². The largest absolute Gasteiger partial charge is 0.290 e. The number of hydrogen-bond donors (Lipinski definition) is 0. The lowest BCUT2D eigenvalue weighted by Gasteiger charge is -1.97. The van der Waals surface area contributed by atoms with Gasteiger partial charge in [-0.05, 0) is 13.0 Å². The van der Waals surface area contributed by atoms with Gasteiger partial charge in [0.15, 0.2) is 0 Å². The van der Waals surface area contributed by atoms with Crippen LogP contribution in [0.1, 0.15) is 11.1 Å². The molecule has 64 valence electrons. The van der Waals surface area contributed by atoms with E-state index in [1.807, 2.05) is 31.2 Å². The molecule has 0 N–H and O–H groups in total. The van der Waals surface area contributed by atoms with Crippen LogP contribution in [0, 0.1) is 6.92 Å². The van der Waals surface area contributed by atoms with E-state index in [9.17, 15) is 4.79 Å². The van der Waals surface area contributed by atoms with Gasteiger partial charge in [-0.25, -0.2) is 0 Å². The molecular formula is C10H8N2O. The molecule has 1 aliphatic heterocycles. The molecule has 1 aliphatic rings. The fourth-order valence-electron chi connectivity index (χ4n) is 1.22. The number of hydrogen-bond acceptors (Lipinski definition) is 2. The molecule has 1 amide bonds. The summed E-state index contributed by atoms with van der Waals surface area (Å²) in [5, 5.41) is 7.18. The third-order valence-corrected chi connectivity index (χ3v) is 1.83. The number of nitrogens with zero attached hydrogens (tertiary/aromatic N) is 2. The predicted octanol–water partition coefficient (Wildman–Crippen LogP) is 2.33. The van der Waals surface area contributed by atoms with Crippen LogP contribution in [0.4, 0.5) is 0 Å². The summed E-state index contributed by atoms with van der Waals surface area (Å²) >= 11 is 0. The van der Waals surface area contributed by atoms with Crippen LogP contribution < -0.4 is 0 Å². The third-order valence-electron chi connectivity index (χ3n) is 1.83. The Morgan fingerprint density at radius 3 is 2.69 bits per heavy atom. The zero-order chi connectivity index (χ0) is 9.26. The zero-order valence-corrected chi connectivity index (χ0v) is 7.19. The van der Waals surface area contributed by atoms with Gasteiger partial charge >= 0.3 is 0 Å². The second kappa shape index (κ2) is 2.94. The maximum Gasteiger partial charge on any atom is 0.290 e. The summed E-state index contributed by atoms with van der Waals surface area (Å²) in [5.74, 6) is -0.281. The number of aryl methyl sites for hydroxylation is 1. The van der Waals surface area contributed by atoms with Crippen LogP contribution >= 0.6 is 0 Å². The fraction of sp³-hybridized carbons (Fsp3) is 0.100. The minimum absolute atomic E-state index is 0.281. The van der Waals surface area contributed by atoms with E-state index < -0.39 is 0 Å². The summed E-state index contributed by atoms with van der Waals surface area (Å²) in [7, 11) is 0. The van der Waals surface area contributed by atoms with E-state index in [-0.39, 0.29) is 5.91 Å². The Morgan fingerprint density at radius 2 is 2.08 bits per heavy atom. The first-order valence-corrected chi connectivity index (χ1v) is 4.00. The molecule has 0 fully saturated rings. The smallest absolute Gasteiger partial charge is 0.266 e. The average molecular weight is 172 g/mol. The van der Waals surface area contributed by atoms with Crippen LogP contribution in [0.25, 0.3) is 5.70 Å². The minimum Gasteiger partial charge on any atom is -0.266 e. The number of carbonyl (C=O) groups excluding carboxylic acids is 1. The molecule has 0 radical (unpaired) electrons. The second-order valence-electron chi connectivity index (χ2n) is 2.94. The standard InChI is InChI=1S/C10H8N2O/c1-7-3-2-4-8(5-7)9-6-10(13)12-11-9/h2-6H,1H3. The maximum atomic E-state index is 10.8. The van der Waals surface area contributed by atoms with Crippen molar-refractivity contribution in [2.75, 3.05) is 0 Å². The maximum absolute atomic E-state index is 10.8. The highest BCUT2D eigenvalue weighted by Gasteiger charge is 2.09. The van der Waals surface area contributed by atoms with Gasteiger partial charge in [-0.2, -0.15) is 0 Å². The third kappa shape index (κ3) is 1.54. The van der Waals surface area contributed by atoms with Crippen molar-refractivity contribution in [1.82, 2.24) is 0 Å². The molecule has 0 aromatic heterocycles. The molecule has 0 bridgehead atoms. The molecule has 0 saturated heterocycles. The van der Waals surface area contributed by atoms with E-state index in [1.54, 1.807) is 0 Å². The van der Waals surface area contributed by atoms with Gasteiger partial charge in [-0.15, -0.1) is 10.2 Å². The van der Waals surface area contributed by atoms with Gasteiger partial charge in [0.2, 0.25) is 0 Å². The van der Waals surface area contributed by atoms with Crippen LogP contribution in [-0.2, 0) is 4.79 Å². The molecule has 0 aliphatic carbocycles. The van der Waals surface area contributed by atoms with Crippen molar-refractivity contribution in [3.8, 4) is 0 Å². The topological polar surface area (TPSA) is 41.8 Å². The molecule has 0 atom stereocenters. The number of azo groups is 1. The fourth-order valence-corrected chi connectivity index (χ4v) is 1.22. The Balaban J connectivity index is 2.42. The van der Waals surface area contributed by atoms with Gasteiger partial charge in [0, 0.05) is 11.6 Å². The SMILES string of the molecule is Cc1cccc(C2=CC(=O)N=N2)c1. The lowest BCUT2D eigenvalue weighted by atomic mass is 10.1. The molecule has 2 rings (SSSR count). The van der Waals surface area contributed by atoms with Crippen molar-refractivity contribution in [3.63, 3.8) is 0 Å². The predicted molar refractivity (Wildman–Crippen MR) is 49.0 cm³/mol. The van der Waals surface area contributed by atoms with Crippen LogP contribution in [-0.4, -0.2) is 5.91 Å². The van der Waals surface area contributed by atoms with Gasteiger partial charge in [-0.3, -0.25) is 4.79 Å². The summed E-state index contributed by atoms with van der Waals surface area (Å²) in [4.78, 5) is 10.8. The Morgan fingerprint density at radius 1 is 1.23 bits per heavy atom. The molecule has 1 aromatic carbocycles. The van der Waals surface area contributed by atoms with Crippen molar-refractivity contribution in [2.24, 2.45) is 10.2 Å². The summed E-state index contributed by atoms with van der Waals surface area (Å²) in [6.07, 6.45) is 1.44. The zero-order valence-electron chi connectivity index (χ0n) is 7.19. The summed E-state index contributed by atoms with van der Waals surface area (Å²) in [6, 6.07) is 7.82. The highest BCUT2D eigenvalue weighted by molar-refractivity contribution is 5.98. The Bertz CT molecular complexity index is 419. The molecule has 3 heteroatoms. The van der Waals surface area contributed by atoms with E-state index in [0.29, 0.717) is 5.70 Å². The molecule has 1 heterocycles. The van der Waals surface area contributed by atoms with Crippen LogP contribution in [0.15, 0.2) is 40.6 Å². The van der Waals surface area contributed by atoms with E-state index in [4.69, 9.17) is 0 Å². The Hall–Kier alpha value is -1.77. The van der Waals surface area contributed by atoms with Crippen LogP contribution in [0.5, 0.6) is 0 Å². The monoisotopic (exact) mass is 172 g/mol. The van der Waals surface area contributed by atoms with E-state index in [0.717, 1.165) is 11.1 Å². The minimum atomic E-state index is -0.281. The molecule has 0 unspecified atom stereocenters. The van der Waals surface area contributed by atoms with Gasteiger partial charge in [0.1, 0.15) is 0 Å². The van der Waals surface area contributed by atoms with E-state index in [1.165, 1.54) is 6.08 Å². The molecule has 13 heavy (non-hydrogen) atoms. The van der Waals surface area contributed by atoms with Crippen molar-refractivity contribution in [3.05, 3.63) is 41.5 Å². The van der Waals surface area contributed by atoms with Gasteiger partial charge in [-0.1, -0.05) is 23.8 Å². The highest BCUT2D eigenvalue weighted by Crippen LogP contribution is 2.20. The average Bonchev–Trinajstić information content (AvgIpc) is 2.52. The first-order valence-electron chi connectivity index (χ1n) is 4.00. The second-order valence-corrected chi connectivity index (χ2v) is 2.94. The molecule has 0 saturated carbocycles. The molecular weight excluding hydrogens is 164 g/mol. The lowest BCUT2D eigenvalue weighted by Crippen LogP contribution is -1.81. The normalized spacial score (nSPS) is 14.8. The lowest BCUT2D eigenvalue weighted by molar-refractivity contribution is -0.113. The first-order chi connectivity index (χ1) is 6.25. The Kier molecular flexibility index (Phi) is 1.77. The van der Waals surface area contributed by atoms with E-state index >= 15 is 0 Å². The van der Waals surface area contributed by atoms with Gasteiger partial charge < -0.3 is 0 Å². The number of rotatable bonds is 1. The quantitative estimate of drug-likeness (QED) is 0.641.